The number of likely N-dealkylation sites (tertiary alicyclic amines) is 1. The smallest absolute Gasteiger partial charge is 0.256 e. The Morgan fingerprint density at radius 3 is 2.42 bits per heavy atom. The first-order valence-electron chi connectivity index (χ1n) is 8.62. The van der Waals surface area contributed by atoms with E-state index in [0.29, 0.717) is 18.7 Å². The molecule has 0 unspecified atom stereocenters. The molecular weight excluding hydrogens is 314 g/mol. The van der Waals surface area contributed by atoms with Crippen molar-refractivity contribution in [2.45, 2.75) is 37.7 Å². The number of ether oxygens (including phenoxy) is 1. The lowest BCUT2D eigenvalue weighted by atomic mass is 9.89. The predicted octanol–water partition coefficient (Wildman–Crippen LogP) is 2.68. The van der Waals surface area contributed by atoms with Crippen molar-refractivity contribution in [2.75, 3.05) is 33.3 Å². The Labute approximate surface area is 141 Å². The van der Waals surface area contributed by atoms with Crippen LogP contribution in [0.25, 0.3) is 0 Å². The molecule has 132 valence electrons. The summed E-state index contributed by atoms with van der Waals surface area (Å²) in [6.07, 6.45) is 3.15. The lowest BCUT2D eigenvalue weighted by Crippen LogP contribution is -2.41. The molecule has 0 atom stereocenters. The van der Waals surface area contributed by atoms with Crippen LogP contribution < -0.4 is 5.32 Å². The highest BCUT2D eigenvalue weighted by molar-refractivity contribution is 5.94. The third kappa shape index (κ3) is 3.59. The lowest BCUT2D eigenvalue weighted by Gasteiger charge is -2.31. The fourth-order valence-corrected chi connectivity index (χ4v) is 3.64. The quantitative estimate of drug-likeness (QED) is 0.921. The predicted molar refractivity (Wildman–Crippen MR) is 87.1 cm³/mol. The number of nitrogens with zero attached hydrogens (tertiary/aromatic N) is 1. The zero-order chi connectivity index (χ0) is 17.1. The number of halogens is 2. The van der Waals surface area contributed by atoms with Crippen LogP contribution in [0.3, 0.4) is 0 Å². The Morgan fingerprint density at radius 2 is 1.79 bits per heavy atom. The lowest BCUT2D eigenvalue weighted by molar-refractivity contribution is 0.0348. The van der Waals surface area contributed by atoms with Crippen molar-refractivity contribution in [1.29, 1.82) is 0 Å². The number of nitrogens with one attached hydrogen (secondary N) is 1. The Kier molecular flexibility index (Phi) is 5.46. The van der Waals surface area contributed by atoms with Crippen LogP contribution >= 0.6 is 0 Å². The van der Waals surface area contributed by atoms with E-state index < -0.39 is 17.5 Å². The fourth-order valence-electron chi connectivity index (χ4n) is 3.64. The van der Waals surface area contributed by atoms with Gasteiger partial charge >= 0.3 is 0 Å². The van der Waals surface area contributed by atoms with Gasteiger partial charge in [0.05, 0.1) is 11.7 Å². The summed E-state index contributed by atoms with van der Waals surface area (Å²) in [6, 6.07) is 2.30. The number of carbonyl (C=O) groups excluding carboxylic acids is 1. The van der Waals surface area contributed by atoms with Crippen LogP contribution in [0.2, 0.25) is 0 Å². The zero-order valence-electron chi connectivity index (χ0n) is 14.0. The van der Waals surface area contributed by atoms with Gasteiger partial charge in [0.15, 0.2) is 0 Å². The third-order valence-electron chi connectivity index (χ3n) is 5.16. The van der Waals surface area contributed by atoms with E-state index in [1.807, 2.05) is 0 Å². The summed E-state index contributed by atoms with van der Waals surface area (Å²) in [4.78, 5) is 14.1. The van der Waals surface area contributed by atoms with Crippen LogP contribution in [0, 0.1) is 11.6 Å². The molecule has 0 saturated carbocycles. The van der Waals surface area contributed by atoms with Crippen LogP contribution in [0.1, 0.15) is 47.5 Å². The number of hydrogen-bond donors (Lipinski definition) is 1. The summed E-state index contributed by atoms with van der Waals surface area (Å²) in [7, 11) is 1.65. The van der Waals surface area contributed by atoms with E-state index in [0.717, 1.165) is 44.8 Å². The number of carbonyl (C=O) groups is 1. The highest BCUT2D eigenvalue weighted by Gasteiger charge is 2.27. The normalized spacial score (nSPS) is 20.4. The molecule has 6 heteroatoms. The molecule has 1 aromatic carbocycles. The average Bonchev–Trinajstić information content (AvgIpc) is 2.63. The topological polar surface area (TPSA) is 41.6 Å². The number of piperidine rings is 2. The van der Waals surface area contributed by atoms with Gasteiger partial charge in [0.2, 0.25) is 0 Å². The fraction of sp³-hybridized carbons (Fsp3) is 0.611. The molecule has 3 rings (SSSR count). The van der Waals surface area contributed by atoms with Crippen molar-refractivity contribution in [3.8, 4) is 0 Å². The molecule has 0 radical (unpaired) electrons. The van der Waals surface area contributed by atoms with Gasteiger partial charge in [-0.2, -0.15) is 0 Å². The van der Waals surface area contributed by atoms with E-state index in [1.54, 1.807) is 12.0 Å². The van der Waals surface area contributed by atoms with Crippen molar-refractivity contribution < 1.29 is 18.3 Å². The molecule has 24 heavy (non-hydrogen) atoms. The summed E-state index contributed by atoms with van der Waals surface area (Å²) >= 11 is 0. The second kappa shape index (κ2) is 7.57. The monoisotopic (exact) mass is 338 g/mol. The zero-order valence-corrected chi connectivity index (χ0v) is 14.0. The largest absolute Gasteiger partial charge is 0.381 e. The van der Waals surface area contributed by atoms with Gasteiger partial charge in [-0.3, -0.25) is 4.79 Å². The van der Waals surface area contributed by atoms with Crippen LogP contribution in [0.4, 0.5) is 8.78 Å². The Morgan fingerprint density at radius 1 is 1.12 bits per heavy atom. The standard InChI is InChI=1S/C18H24F2N2O2/c1-24-13-4-8-22(9-5-13)18(23)15-11-16(19)14(10-17(15)20)12-2-6-21-7-3-12/h10-13,21H,2-9H2,1H3. The second-order valence-electron chi connectivity index (χ2n) is 6.61. The van der Waals surface area contributed by atoms with Crippen molar-refractivity contribution in [1.82, 2.24) is 10.2 Å². The highest BCUT2D eigenvalue weighted by atomic mass is 19.1. The molecule has 0 aromatic heterocycles. The first-order chi connectivity index (χ1) is 11.6. The first kappa shape index (κ1) is 17.3. The maximum atomic E-state index is 14.5. The Bertz CT molecular complexity index is 595. The summed E-state index contributed by atoms with van der Waals surface area (Å²) < 4.78 is 34.2. The molecular formula is C18H24F2N2O2. The number of methoxy groups -OCH3 is 1. The minimum atomic E-state index is -0.621. The van der Waals surface area contributed by atoms with Crippen molar-refractivity contribution in [3.63, 3.8) is 0 Å². The van der Waals surface area contributed by atoms with Crippen molar-refractivity contribution >= 4 is 5.91 Å². The van der Waals surface area contributed by atoms with Gasteiger partial charge in [0.1, 0.15) is 11.6 Å². The van der Waals surface area contributed by atoms with Gasteiger partial charge in [-0.25, -0.2) is 8.78 Å². The minimum Gasteiger partial charge on any atom is -0.381 e. The van der Waals surface area contributed by atoms with Gasteiger partial charge < -0.3 is 15.0 Å². The molecule has 0 aliphatic carbocycles. The molecule has 2 heterocycles. The summed E-state index contributed by atoms with van der Waals surface area (Å²) in [5, 5.41) is 3.21. The number of amides is 1. The number of rotatable bonds is 3. The minimum absolute atomic E-state index is 0.0161. The maximum absolute atomic E-state index is 14.5. The maximum Gasteiger partial charge on any atom is 0.256 e. The average molecular weight is 338 g/mol. The van der Waals surface area contributed by atoms with E-state index in [9.17, 15) is 13.6 Å². The molecule has 1 amide bonds. The molecule has 0 spiro atoms. The van der Waals surface area contributed by atoms with E-state index >= 15 is 0 Å². The van der Waals surface area contributed by atoms with E-state index in [2.05, 4.69) is 5.32 Å². The van der Waals surface area contributed by atoms with Gasteiger partial charge in [-0.05, 0) is 62.4 Å². The van der Waals surface area contributed by atoms with E-state index in [-0.39, 0.29) is 17.6 Å². The third-order valence-corrected chi connectivity index (χ3v) is 5.16. The van der Waals surface area contributed by atoms with E-state index in [1.165, 1.54) is 6.07 Å². The van der Waals surface area contributed by atoms with Crippen LogP contribution in [0.5, 0.6) is 0 Å². The van der Waals surface area contributed by atoms with Gasteiger partial charge in [-0.15, -0.1) is 0 Å². The Balaban J connectivity index is 1.76. The molecule has 0 bridgehead atoms. The van der Waals surface area contributed by atoms with Crippen molar-refractivity contribution in [2.24, 2.45) is 0 Å². The SMILES string of the molecule is COC1CCN(C(=O)c2cc(F)c(C3CCNCC3)cc2F)CC1. The van der Waals surface area contributed by atoms with Gasteiger partial charge in [-0.1, -0.05) is 0 Å². The molecule has 2 saturated heterocycles. The number of hydrogen-bond acceptors (Lipinski definition) is 3. The molecule has 4 nitrogen and oxygen atoms in total. The Hall–Kier alpha value is -1.53. The molecule has 2 aliphatic heterocycles. The van der Waals surface area contributed by atoms with Gasteiger partial charge in [0.25, 0.3) is 5.91 Å². The van der Waals surface area contributed by atoms with E-state index in [4.69, 9.17) is 4.74 Å². The van der Waals surface area contributed by atoms with Crippen molar-refractivity contribution in [3.05, 3.63) is 34.9 Å². The summed E-state index contributed by atoms with van der Waals surface area (Å²) in [5.74, 6) is -1.51. The molecule has 2 fully saturated rings. The summed E-state index contributed by atoms with van der Waals surface area (Å²) in [6.45, 7) is 2.63. The molecule has 1 aromatic rings. The van der Waals surface area contributed by atoms with Crippen LogP contribution in [-0.4, -0.2) is 50.2 Å². The summed E-state index contributed by atoms with van der Waals surface area (Å²) in [5.41, 5.74) is 0.227. The van der Waals surface area contributed by atoms with Gasteiger partial charge in [0, 0.05) is 20.2 Å². The first-order valence-corrected chi connectivity index (χ1v) is 8.62. The van der Waals surface area contributed by atoms with Crippen LogP contribution in [-0.2, 0) is 4.74 Å². The highest BCUT2D eigenvalue weighted by Crippen LogP contribution is 2.30. The molecule has 1 N–H and O–H groups in total. The molecule has 2 aliphatic rings. The van der Waals surface area contributed by atoms with Crippen LogP contribution in [0.15, 0.2) is 12.1 Å². The number of benzene rings is 1. The second-order valence-corrected chi connectivity index (χ2v) is 6.61.